The molecule has 1 heterocycles. The van der Waals surface area contributed by atoms with E-state index in [2.05, 4.69) is 10.0 Å². The van der Waals surface area contributed by atoms with Crippen molar-refractivity contribution in [3.63, 3.8) is 0 Å². The van der Waals surface area contributed by atoms with Gasteiger partial charge in [0.2, 0.25) is 10.0 Å². The van der Waals surface area contributed by atoms with Crippen molar-refractivity contribution in [1.82, 2.24) is 10.0 Å². The van der Waals surface area contributed by atoms with E-state index >= 15 is 0 Å². The van der Waals surface area contributed by atoms with Crippen LogP contribution in [-0.4, -0.2) is 27.5 Å². The van der Waals surface area contributed by atoms with Gasteiger partial charge in [-0.25, -0.2) is 13.1 Å². The van der Waals surface area contributed by atoms with Gasteiger partial charge >= 0.3 is 0 Å². The molecule has 1 saturated heterocycles. The average Bonchev–Trinajstić information content (AvgIpc) is 2.39. The van der Waals surface area contributed by atoms with Crippen molar-refractivity contribution in [3.05, 3.63) is 29.3 Å². The molecule has 19 heavy (non-hydrogen) atoms. The molecule has 0 spiro atoms. The van der Waals surface area contributed by atoms with E-state index in [0.717, 1.165) is 19.4 Å². The lowest BCUT2D eigenvalue weighted by molar-refractivity contribution is 0.428. The summed E-state index contributed by atoms with van der Waals surface area (Å²) in [5, 5.41) is 12.0. The van der Waals surface area contributed by atoms with Gasteiger partial charge in [0, 0.05) is 12.6 Å². The predicted octanol–water partition coefficient (Wildman–Crippen LogP) is 0.897. The fraction of sp³-hybridized carbons (Fsp3) is 0.462. The summed E-state index contributed by atoms with van der Waals surface area (Å²) in [5.41, 5.74) is 1.00. The van der Waals surface area contributed by atoms with Crippen molar-refractivity contribution in [2.24, 2.45) is 0 Å². The molecule has 1 aromatic carbocycles. The second-order valence-corrected chi connectivity index (χ2v) is 6.44. The van der Waals surface area contributed by atoms with Crippen LogP contribution >= 0.6 is 0 Å². The highest BCUT2D eigenvalue weighted by atomic mass is 32.2. The SMILES string of the molecule is Cc1ccc(C#N)cc1S(=O)(=O)N[C@H]1CCCNC1. The highest BCUT2D eigenvalue weighted by Gasteiger charge is 2.23. The van der Waals surface area contributed by atoms with Gasteiger partial charge in [0.25, 0.3) is 0 Å². The molecule has 0 radical (unpaired) electrons. The number of rotatable bonds is 3. The van der Waals surface area contributed by atoms with E-state index in [1.165, 1.54) is 6.07 Å². The van der Waals surface area contributed by atoms with Crippen molar-refractivity contribution in [2.75, 3.05) is 13.1 Å². The van der Waals surface area contributed by atoms with E-state index in [0.29, 0.717) is 17.7 Å². The first-order chi connectivity index (χ1) is 9.03. The molecule has 5 nitrogen and oxygen atoms in total. The van der Waals surface area contributed by atoms with E-state index in [9.17, 15) is 8.42 Å². The highest BCUT2D eigenvalue weighted by Crippen LogP contribution is 2.18. The minimum Gasteiger partial charge on any atom is -0.315 e. The average molecular weight is 279 g/mol. The number of benzene rings is 1. The minimum atomic E-state index is -3.56. The standard InChI is InChI=1S/C13H17N3O2S/c1-10-4-5-11(8-14)7-13(10)19(17,18)16-12-3-2-6-15-9-12/h4-5,7,12,15-16H,2-3,6,9H2,1H3/t12-/m0/s1. The van der Waals surface area contributed by atoms with Gasteiger partial charge in [0.05, 0.1) is 16.5 Å². The van der Waals surface area contributed by atoms with Crippen molar-refractivity contribution in [1.29, 1.82) is 5.26 Å². The smallest absolute Gasteiger partial charge is 0.241 e. The molecule has 0 bridgehead atoms. The number of hydrogen-bond acceptors (Lipinski definition) is 4. The van der Waals surface area contributed by atoms with Crippen molar-refractivity contribution >= 4 is 10.0 Å². The zero-order valence-corrected chi connectivity index (χ0v) is 11.6. The summed E-state index contributed by atoms with van der Waals surface area (Å²) in [5.74, 6) is 0. The molecule has 2 N–H and O–H groups in total. The third kappa shape index (κ3) is 3.32. The topological polar surface area (TPSA) is 82.0 Å². The van der Waals surface area contributed by atoms with Crippen molar-refractivity contribution in [2.45, 2.75) is 30.7 Å². The van der Waals surface area contributed by atoms with E-state index < -0.39 is 10.0 Å². The number of nitrogens with one attached hydrogen (secondary N) is 2. The summed E-state index contributed by atoms with van der Waals surface area (Å²) >= 11 is 0. The van der Waals surface area contributed by atoms with Crippen LogP contribution in [0, 0.1) is 18.3 Å². The number of nitriles is 1. The maximum absolute atomic E-state index is 12.3. The largest absolute Gasteiger partial charge is 0.315 e. The molecule has 6 heteroatoms. The highest BCUT2D eigenvalue weighted by molar-refractivity contribution is 7.89. The molecular formula is C13H17N3O2S. The summed E-state index contributed by atoms with van der Waals surface area (Å²) in [6, 6.07) is 6.59. The fourth-order valence-electron chi connectivity index (χ4n) is 2.19. The maximum atomic E-state index is 12.3. The maximum Gasteiger partial charge on any atom is 0.241 e. The molecular weight excluding hydrogens is 262 g/mol. The van der Waals surface area contributed by atoms with Crippen LogP contribution in [0.3, 0.4) is 0 Å². The van der Waals surface area contributed by atoms with Gasteiger partial charge in [-0.2, -0.15) is 5.26 Å². The van der Waals surface area contributed by atoms with E-state index in [1.54, 1.807) is 19.1 Å². The van der Waals surface area contributed by atoms with Crippen molar-refractivity contribution in [3.8, 4) is 6.07 Å². The summed E-state index contributed by atoms with van der Waals surface area (Å²) < 4.78 is 27.4. The Bertz CT molecular complexity index is 599. The molecule has 0 saturated carbocycles. The number of nitrogens with zero attached hydrogens (tertiary/aromatic N) is 1. The second-order valence-electron chi connectivity index (χ2n) is 4.76. The Morgan fingerprint density at radius 1 is 1.47 bits per heavy atom. The molecule has 102 valence electrons. The normalized spacial score (nSPS) is 19.9. The summed E-state index contributed by atoms with van der Waals surface area (Å²) in [4.78, 5) is 0.192. The van der Waals surface area contributed by atoms with Gasteiger partial charge in [-0.05, 0) is 44.0 Å². The second kappa shape index (κ2) is 5.70. The quantitative estimate of drug-likeness (QED) is 0.861. The molecule has 2 rings (SSSR count). The van der Waals surface area contributed by atoms with Gasteiger partial charge in [-0.1, -0.05) is 6.07 Å². The number of hydrogen-bond donors (Lipinski definition) is 2. The van der Waals surface area contributed by atoms with Crippen molar-refractivity contribution < 1.29 is 8.42 Å². The third-order valence-corrected chi connectivity index (χ3v) is 4.89. The van der Waals surface area contributed by atoms with Gasteiger partial charge in [-0.3, -0.25) is 0 Å². The molecule has 1 aliphatic rings. The van der Waals surface area contributed by atoms with Crippen LogP contribution in [0.2, 0.25) is 0 Å². The molecule has 1 atom stereocenters. The first-order valence-electron chi connectivity index (χ1n) is 6.27. The Morgan fingerprint density at radius 2 is 2.26 bits per heavy atom. The van der Waals surface area contributed by atoms with Crippen LogP contribution in [-0.2, 0) is 10.0 Å². The van der Waals surface area contributed by atoms with Gasteiger partial charge in [-0.15, -0.1) is 0 Å². The van der Waals surface area contributed by atoms with Crippen LogP contribution in [0.25, 0.3) is 0 Å². The van der Waals surface area contributed by atoms with Gasteiger partial charge in [0.15, 0.2) is 0 Å². The molecule has 1 aromatic rings. The van der Waals surface area contributed by atoms with E-state index in [1.807, 2.05) is 6.07 Å². The van der Waals surface area contributed by atoms with Crippen LogP contribution in [0.15, 0.2) is 23.1 Å². The Labute approximate surface area is 113 Å². The molecule has 1 fully saturated rings. The Hall–Kier alpha value is -1.42. The van der Waals surface area contributed by atoms with Gasteiger partial charge < -0.3 is 5.32 Å². The zero-order valence-electron chi connectivity index (χ0n) is 10.8. The monoisotopic (exact) mass is 279 g/mol. The first kappa shape index (κ1) is 14.0. The zero-order chi connectivity index (χ0) is 13.9. The minimum absolute atomic E-state index is 0.0797. The summed E-state index contributed by atoms with van der Waals surface area (Å²) in [6.07, 6.45) is 1.80. The molecule has 0 unspecified atom stereocenters. The Balaban J connectivity index is 2.26. The van der Waals surface area contributed by atoms with E-state index in [4.69, 9.17) is 5.26 Å². The third-order valence-electron chi connectivity index (χ3n) is 3.23. The molecule has 0 amide bonds. The molecule has 0 aromatic heterocycles. The van der Waals surface area contributed by atoms with Crippen LogP contribution in [0.4, 0.5) is 0 Å². The Morgan fingerprint density at radius 3 is 2.89 bits per heavy atom. The lowest BCUT2D eigenvalue weighted by Crippen LogP contribution is -2.45. The molecule has 1 aliphatic heterocycles. The molecule has 0 aliphatic carbocycles. The first-order valence-corrected chi connectivity index (χ1v) is 7.75. The predicted molar refractivity (Wildman–Crippen MR) is 72.1 cm³/mol. The van der Waals surface area contributed by atoms with Crippen LogP contribution < -0.4 is 10.0 Å². The number of piperidine rings is 1. The van der Waals surface area contributed by atoms with Crippen LogP contribution in [0.5, 0.6) is 0 Å². The fourth-order valence-corrected chi connectivity index (χ4v) is 3.74. The number of aryl methyl sites for hydroxylation is 1. The summed E-state index contributed by atoms with van der Waals surface area (Å²) in [7, 11) is -3.56. The van der Waals surface area contributed by atoms with Gasteiger partial charge in [0.1, 0.15) is 0 Å². The lowest BCUT2D eigenvalue weighted by Gasteiger charge is -2.24. The van der Waals surface area contributed by atoms with Crippen LogP contribution in [0.1, 0.15) is 24.0 Å². The lowest BCUT2D eigenvalue weighted by atomic mass is 10.1. The summed E-state index contributed by atoms with van der Waals surface area (Å²) in [6.45, 7) is 3.31. The Kier molecular flexibility index (Phi) is 4.20. The van der Waals surface area contributed by atoms with E-state index in [-0.39, 0.29) is 10.9 Å². The number of sulfonamides is 1.